The average molecular weight is 310 g/mol. The summed E-state index contributed by atoms with van der Waals surface area (Å²) in [5.74, 6) is 2.92. The van der Waals surface area contributed by atoms with Gasteiger partial charge >= 0.3 is 0 Å². The zero-order chi connectivity index (χ0) is 13.8. The second-order valence-electron chi connectivity index (χ2n) is 5.06. The van der Waals surface area contributed by atoms with Crippen LogP contribution in [0.1, 0.15) is 18.5 Å². The minimum Gasteiger partial charge on any atom is -0.462 e. The lowest BCUT2D eigenvalue weighted by atomic mass is 9.97. The Morgan fingerprint density at radius 2 is 2.25 bits per heavy atom. The molecule has 0 atom stereocenters. The van der Waals surface area contributed by atoms with Gasteiger partial charge in [0.15, 0.2) is 10.8 Å². The van der Waals surface area contributed by atoms with Crippen molar-refractivity contribution in [3.63, 3.8) is 0 Å². The van der Waals surface area contributed by atoms with E-state index in [1.54, 1.807) is 17.6 Å². The molecule has 3 rings (SSSR count). The Hall–Kier alpha value is -0.820. The molecule has 4 nitrogen and oxygen atoms in total. The summed E-state index contributed by atoms with van der Waals surface area (Å²) in [7, 11) is 0. The molecule has 0 amide bonds. The van der Waals surface area contributed by atoms with Crippen LogP contribution in [0.5, 0.6) is 0 Å². The molecular formula is C14H18N2O2S2. The van der Waals surface area contributed by atoms with Gasteiger partial charge in [0.25, 0.3) is 0 Å². The summed E-state index contributed by atoms with van der Waals surface area (Å²) in [4.78, 5) is 4.53. The van der Waals surface area contributed by atoms with Gasteiger partial charge in [0, 0.05) is 18.5 Å². The first-order valence-electron chi connectivity index (χ1n) is 6.74. The number of furan rings is 1. The maximum Gasteiger partial charge on any atom is 0.162 e. The first-order chi connectivity index (χ1) is 9.75. The molecule has 2 aromatic heterocycles. The Morgan fingerprint density at radius 1 is 1.40 bits per heavy atom. The molecular weight excluding hydrogens is 292 g/mol. The summed E-state index contributed by atoms with van der Waals surface area (Å²) >= 11 is 3.50. The van der Waals surface area contributed by atoms with Gasteiger partial charge in [-0.3, -0.25) is 0 Å². The monoisotopic (exact) mass is 310 g/mol. The standard InChI is InChI=1S/C14H18N2O2S2/c17-14(3-6-19-7-4-14)10-15-8-11-9-20-13(16-11)12-2-1-5-18-12/h1-2,5,9,15,17H,3-4,6-8,10H2. The van der Waals surface area contributed by atoms with Crippen LogP contribution in [0.15, 0.2) is 28.2 Å². The van der Waals surface area contributed by atoms with Crippen molar-refractivity contribution in [2.45, 2.75) is 25.0 Å². The number of aromatic nitrogens is 1. The van der Waals surface area contributed by atoms with E-state index in [2.05, 4.69) is 10.3 Å². The number of aliphatic hydroxyl groups is 1. The van der Waals surface area contributed by atoms with Gasteiger partial charge in [-0.25, -0.2) is 4.98 Å². The minimum atomic E-state index is -0.537. The fourth-order valence-electron chi connectivity index (χ4n) is 2.25. The molecule has 0 radical (unpaired) electrons. The van der Waals surface area contributed by atoms with E-state index in [1.165, 1.54) is 0 Å². The van der Waals surface area contributed by atoms with E-state index in [-0.39, 0.29) is 0 Å². The van der Waals surface area contributed by atoms with Crippen molar-refractivity contribution in [3.8, 4) is 10.8 Å². The van der Waals surface area contributed by atoms with Gasteiger partial charge in [0.1, 0.15) is 0 Å². The van der Waals surface area contributed by atoms with Crippen molar-refractivity contribution in [2.24, 2.45) is 0 Å². The molecule has 2 N–H and O–H groups in total. The summed E-state index contributed by atoms with van der Waals surface area (Å²) in [6, 6.07) is 3.78. The molecule has 2 aromatic rings. The Kier molecular flexibility index (Phi) is 4.45. The fourth-order valence-corrected chi connectivity index (χ4v) is 4.29. The molecule has 1 fully saturated rings. The number of hydrogen-bond donors (Lipinski definition) is 2. The molecule has 0 spiro atoms. The van der Waals surface area contributed by atoms with Gasteiger partial charge in [-0.1, -0.05) is 0 Å². The van der Waals surface area contributed by atoms with Gasteiger partial charge in [-0.05, 0) is 36.5 Å². The smallest absolute Gasteiger partial charge is 0.162 e. The summed E-state index contributed by atoms with van der Waals surface area (Å²) < 4.78 is 5.33. The van der Waals surface area contributed by atoms with Crippen molar-refractivity contribution in [1.29, 1.82) is 0 Å². The van der Waals surface area contributed by atoms with E-state index in [1.807, 2.05) is 29.3 Å². The Morgan fingerprint density at radius 3 is 3.00 bits per heavy atom. The summed E-state index contributed by atoms with van der Waals surface area (Å²) in [6.45, 7) is 1.33. The molecule has 108 valence electrons. The highest BCUT2D eigenvalue weighted by molar-refractivity contribution is 7.99. The van der Waals surface area contributed by atoms with Gasteiger partial charge in [0.05, 0.1) is 17.6 Å². The van der Waals surface area contributed by atoms with E-state index < -0.39 is 5.60 Å². The largest absolute Gasteiger partial charge is 0.462 e. The lowest BCUT2D eigenvalue weighted by molar-refractivity contribution is 0.0319. The zero-order valence-corrected chi connectivity index (χ0v) is 12.8. The maximum absolute atomic E-state index is 10.4. The molecule has 1 saturated heterocycles. The molecule has 20 heavy (non-hydrogen) atoms. The molecule has 6 heteroatoms. The van der Waals surface area contributed by atoms with E-state index in [0.717, 1.165) is 40.8 Å². The number of hydrogen-bond acceptors (Lipinski definition) is 6. The van der Waals surface area contributed by atoms with E-state index in [4.69, 9.17) is 4.42 Å². The molecule has 0 aliphatic carbocycles. The third kappa shape index (κ3) is 3.44. The Balaban J connectivity index is 1.51. The number of rotatable bonds is 5. The van der Waals surface area contributed by atoms with Gasteiger partial charge in [0.2, 0.25) is 0 Å². The highest BCUT2D eigenvalue weighted by Crippen LogP contribution is 2.27. The molecule has 1 aliphatic rings. The van der Waals surface area contributed by atoms with Crippen LogP contribution in [-0.4, -0.2) is 33.7 Å². The van der Waals surface area contributed by atoms with Crippen LogP contribution in [0.25, 0.3) is 10.8 Å². The van der Waals surface area contributed by atoms with Crippen molar-refractivity contribution in [2.75, 3.05) is 18.1 Å². The molecule has 3 heterocycles. The Bertz CT molecular complexity index is 533. The maximum atomic E-state index is 10.4. The van der Waals surface area contributed by atoms with Crippen LogP contribution in [0.4, 0.5) is 0 Å². The van der Waals surface area contributed by atoms with Gasteiger partial charge in [-0.2, -0.15) is 11.8 Å². The van der Waals surface area contributed by atoms with Crippen LogP contribution in [0.3, 0.4) is 0 Å². The average Bonchev–Trinajstić information content (AvgIpc) is 3.09. The van der Waals surface area contributed by atoms with Crippen LogP contribution < -0.4 is 5.32 Å². The van der Waals surface area contributed by atoms with Crippen molar-refractivity contribution < 1.29 is 9.52 Å². The highest BCUT2D eigenvalue weighted by atomic mass is 32.2. The zero-order valence-electron chi connectivity index (χ0n) is 11.2. The number of nitrogens with one attached hydrogen (secondary N) is 1. The van der Waals surface area contributed by atoms with Crippen LogP contribution in [0, 0.1) is 0 Å². The minimum absolute atomic E-state index is 0.537. The molecule has 0 aromatic carbocycles. The van der Waals surface area contributed by atoms with E-state index in [0.29, 0.717) is 13.1 Å². The van der Waals surface area contributed by atoms with Crippen LogP contribution >= 0.6 is 23.1 Å². The Labute approximate surface area is 126 Å². The first kappa shape index (κ1) is 14.1. The van der Waals surface area contributed by atoms with E-state index in [9.17, 15) is 5.11 Å². The lowest BCUT2D eigenvalue weighted by Gasteiger charge is -2.31. The second-order valence-corrected chi connectivity index (χ2v) is 7.14. The summed E-state index contributed by atoms with van der Waals surface area (Å²) in [5, 5.41) is 16.7. The summed E-state index contributed by atoms with van der Waals surface area (Å²) in [5.41, 5.74) is 0.459. The summed E-state index contributed by atoms with van der Waals surface area (Å²) in [6.07, 6.45) is 3.41. The van der Waals surface area contributed by atoms with Crippen molar-refractivity contribution >= 4 is 23.1 Å². The highest BCUT2D eigenvalue weighted by Gasteiger charge is 2.28. The van der Waals surface area contributed by atoms with Crippen LogP contribution in [0.2, 0.25) is 0 Å². The molecule has 0 bridgehead atoms. The number of thiazole rings is 1. The van der Waals surface area contributed by atoms with Gasteiger partial charge in [-0.15, -0.1) is 11.3 Å². The fraction of sp³-hybridized carbons (Fsp3) is 0.500. The predicted octanol–water partition coefficient (Wildman–Crippen LogP) is 2.75. The third-order valence-corrected chi connectivity index (χ3v) is 5.36. The molecule has 1 aliphatic heterocycles. The van der Waals surface area contributed by atoms with Crippen molar-refractivity contribution in [3.05, 3.63) is 29.5 Å². The van der Waals surface area contributed by atoms with Crippen molar-refractivity contribution in [1.82, 2.24) is 10.3 Å². The quantitative estimate of drug-likeness (QED) is 0.889. The second kappa shape index (κ2) is 6.30. The lowest BCUT2D eigenvalue weighted by Crippen LogP contribution is -2.43. The van der Waals surface area contributed by atoms with Crippen LogP contribution in [-0.2, 0) is 6.54 Å². The topological polar surface area (TPSA) is 58.3 Å². The first-order valence-corrected chi connectivity index (χ1v) is 8.78. The number of nitrogens with zero attached hydrogens (tertiary/aromatic N) is 1. The third-order valence-electron chi connectivity index (χ3n) is 3.47. The molecule has 0 saturated carbocycles. The predicted molar refractivity (Wildman–Crippen MR) is 83.0 cm³/mol. The molecule has 0 unspecified atom stereocenters. The number of thioether (sulfide) groups is 1. The van der Waals surface area contributed by atoms with E-state index >= 15 is 0 Å². The normalized spacial score (nSPS) is 18.2. The SMILES string of the molecule is OC1(CNCc2csc(-c3ccco3)n2)CCSCC1. The van der Waals surface area contributed by atoms with Gasteiger partial charge < -0.3 is 14.8 Å².